The number of nitrogens with zero attached hydrogens (tertiary/aromatic N) is 2. The molecule has 0 fully saturated rings. The first-order valence-electron chi connectivity index (χ1n) is 5.34. The molecular weight excluding hydrogens is 211 g/mol. The third kappa shape index (κ3) is 2.31. The Labute approximate surface area is 102 Å². The Morgan fingerprint density at radius 2 is 2.12 bits per heavy atom. The predicted octanol–water partition coefficient (Wildman–Crippen LogP) is 2.44. The minimum atomic E-state index is 0.466. The maximum absolute atomic E-state index is 5.57. The highest BCUT2D eigenvalue weighted by Crippen LogP contribution is 2.34. The Kier molecular flexibility index (Phi) is 3.45. The number of fused-ring (bicyclic) bond motifs is 1. The number of hydrogen-bond acceptors (Lipinski definition) is 3. The highest BCUT2D eigenvalue weighted by atomic mass is 16.4. The largest absolute Gasteiger partial charge is 0.542 e. The van der Waals surface area contributed by atoms with Gasteiger partial charge in [-0.25, -0.2) is 4.99 Å². The van der Waals surface area contributed by atoms with Crippen molar-refractivity contribution in [1.82, 2.24) is 0 Å². The summed E-state index contributed by atoms with van der Waals surface area (Å²) in [6, 6.07) is 7.87. The van der Waals surface area contributed by atoms with Gasteiger partial charge in [0.2, 0.25) is 0 Å². The molecule has 3 nitrogen and oxygen atoms in total. The number of allylic oxidation sites excluding steroid dienone is 3. The van der Waals surface area contributed by atoms with E-state index in [1.54, 1.807) is 18.4 Å². The number of benzene rings is 1. The van der Waals surface area contributed by atoms with Crippen molar-refractivity contribution in [3.63, 3.8) is 0 Å². The molecule has 0 aliphatic carbocycles. The molecule has 0 saturated heterocycles. The summed E-state index contributed by atoms with van der Waals surface area (Å²) in [7, 11) is 0.466. The van der Waals surface area contributed by atoms with E-state index in [0.717, 1.165) is 17.3 Å². The second-order valence-corrected chi connectivity index (χ2v) is 3.44. The lowest BCUT2D eigenvalue weighted by Crippen LogP contribution is -2.24. The third-order valence-electron chi connectivity index (χ3n) is 2.36. The quantitative estimate of drug-likeness (QED) is 0.445. The van der Waals surface area contributed by atoms with E-state index in [9.17, 15) is 0 Å². The minimum absolute atomic E-state index is 0.466. The summed E-state index contributed by atoms with van der Waals surface area (Å²) in [4.78, 5) is 6.29. The number of aliphatic imine (C=N–C) groups is 1. The monoisotopic (exact) mass is 224 g/mol. The molecule has 0 aromatic heterocycles. The third-order valence-corrected chi connectivity index (χ3v) is 2.36. The predicted molar refractivity (Wildman–Crippen MR) is 73.7 cm³/mol. The van der Waals surface area contributed by atoms with E-state index in [4.69, 9.17) is 4.65 Å². The minimum Gasteiger partial charge on any atom is -0.542 e. The molecule has 1 heterocycles. The van der Waals surface area contributed by atoms with Gasteiger partial charge >= 0.3 is 7.62 Å². The van der Waals surface area contributed by atoms with Crippen LogP contribution in [0.2, 0.25) is 0 Å². The molecule has 0 N–H and O–H groups in total. The lowest BCUT2D eigenvalue weighted by molar-refractivity contribution is 0.616. The highest BCUT2D eigenvalue weighted by molar-refractivity contribution is 6.39. The van der Waals surface area contributed by atoms with Crippen LogP contribution in [0.3, 0.4) is 0 Å². The molecule has 1 aromatic carbocycles. The Hall–Kier alpha value is -2.23. The van der Waals surface area contributed by atoms with Gasteiger partial charge in [-0.05, 0) is 18.2 Å². The smallest absolute Gasteiger partial charge is 0.470 e. The standard InChI is InChI=1S/C13H13BN2O/c1-3-7-13(15-10-4-2)16-11-8-5-6-9-12(11)17-14-16/h3-10,14H,1-2H2/b13-7+,15-10-. The van der Waals surface area contributed by atoms with Crippen LogP contribution >= 0.6 is 0 Å². The van der Waals surface area contributed by atoms with E-state index < -0.39 is 0 Å². The fourth-order valence-electron chi connectivity index (χ4n) is 1.63. The molecule has 0 saturated carbocycles. The Morgan fingerprint density at radius 3 is 2.88 bits per heavy atom. The van der Waals surface area contributed by atoms with Crippen molar-refractivity contribution in [2.75, 3.05) is 4.81 Å². The summed E-state index contributed by atoms with van der Waals surface area (Å²) in [5.74, 6) is 1.65. The van der Waals surface area contributed by atoms with Crippen LogP contribution < -0.4 is 9.47 Å². The highest BCUT2D eigenvalue weighted by Gasteiger charge is 2.24. The average molecular weight is 224 g/mol. The summed E-state index contributed by atoms with van der Waals surface area (Å²) in [5, 5.41) is 0. The van der Waals surface area contributed by atoms with Crippen molar-refractivity contribution in [3.05, 3.63) is 61.5 Å². The van der Waals surface area contributed by atoms with Crippen LogP contribution in [0.25, 0.3) is 0 Å². The maximum atomic E-state index is 5.57. The SMILES string of the molecule is C=C/C=N\C(=C/C=C)N1BOc2ccccc21. The zero-order valence-electron chi connectivity index (χ0n) is 9.54. The molecule has 1 aliphatic heterocycles. The van der Waals surface area contributed by atoms with E-state index in [-0.39, 0.29) is 0 Å². The molecule has 0 unspecified atom stereocenters. The number of hydrogen-bond donors (Lipinski definition) is 0. The van der Waals surface area contributed by atoms with Gasteiger partial charge in [0.1, 0.15) is 11.6 Å². The molecule has 0 radical (unpaired) electrons. The zero-order chi connectivity index (χ0) is 12.1. The van der Waals surface area contributed by atoms with Crippen LogP contribution in [0.4, 0.5) is 5.69 Å². The van der Waals surface area contributed by atoms with Crippen LogP contribution in [0.15, 0.2) is 66.5 Å². The molecule has 4 heteroatoms. The van der Waals surface area contributed by atoms with Crippen molar-refractivity contribution in [2.24, 2.45) is 4.99 Å². The van der Waals surface area contributed by atoms with Gasteiger partial charge in [-0.2, -0.15) is 0 Å². The van der Waals surface area contributed by atoms with Gasteiger partial charge in [0.05, 0.1) is 5.69 Å². The van der Waals surface area contributed by atoms with Crippen LogP contribution in [-0.2, 0) is 0 Å². The fourth-order valence-corrected chi connectivity index (χ4v) is 1.63. The summed E-state index contributed by atoms with van der Waals surface area (Å²) in [6.07, 6.45) is 6.83. The fraction of sp³-hybridized carbons (Fsp3) is 0. The van der Waals surface area contributed by atoms with E-state index in [1.807, 2.05) is 35.2 Å². The summed E-state index contributed by atoms with van der Waals surface area (Å²) >= 11 is 0. The summed E-state index contributed by atoms with van der Waals surface area (Å²) < 4.78 is 5.57. The van der Waals surface area contributed by atoms with E-state index >= 15 is 0 Å². The molecule has 1 aliphatic rings. The van der Waals surface area contributed by atoms with Crippen LogP contribution in [-0.4, -0.2) is 13.8 Å². The summed E-state index contributed by atoms with van der Waals surface area (Å²) in [5.41, 5.74) is 1.02. The molecule has 0 bridgehead atoms. The molecule has 0 spiro atoms. The topological polar surface area (TPSA) is 24.8 Å². The van der Waals surface area contributed by atoms with Gasteiger partial charge < -0.3 is 9.47 Å². The van der Waals surface area contributed by atoms with Crippen molar-refractivity contribution in [2.45, 2.75) is 0 Å². The van der Waals surface area contributed by atoms with Crippen molar-refractivity contribution < 1.29 is 4.65 Å². The Bertz CT molecular complexity index is 494. The lowest BCUT2D eigenvalue weighted by atomic mass is 10.2. The van der Waals surface area contributed by atoms with Gasteiger partial charge in [-0.15, -0.1) is 0 Å². The first-order valence-corrected chi connectivity index (χ1v) is 5.34. The molecule has 1 aromatic rings. The molecule has 2 rings (SSSR count). The van der Waals surface area contributed by atoms with Gasteiger partial charge in [0.15, 0.2) is 0 Å². The first kappa shape index (κ1) is 11.3. The van der Waals surface area contributed by atoms with Gasteiger partial charge in [0, 0.05) is 6.21 Å². The molecule has 0 atom stereocenters. The van der Waals surface area contributed by atoms with E-state index in [2.05, 4.69) is 18.2 Å². The van der Waals surface area contributed by atoms with Crippen molar-refractivity contribution >= 4 is 19.5 Å². The number of rotatable bonds is 4. The van der Waals surface area contributed by atoms with Crippen molar-refractivity contribution in [3.8, 4) is 5.75 Å². The molecule has 0 amide bonds. The van der Waals surface area contributed by atoms with E-state index in [1.165, 1.54) is 0 Å². The van der Waals surface area contributed by atoms with Crippen LogP contribution in [0.1, 0.15) is 0 Å². The van der Waals surface area contributed by atoms with Gasteiger partial charge in [-0.3, -0.25) is 0 Å². The van der Waals surface area contributed by atoms with E-state index in [0.29, 0.717) is 7.62 Å². The van der Waals surface area contributed by atoms with Gasteiger partial charge in [0.25, 0.3) is 0 Å². The average Bonchev–Trinajstić information content (AvgIpc) is 2.78. The van der Waals surface area contributed by atoms with Crippen LogP contribution in [0, 0.1) is 0 Å². The molecular formula is C13H13BN2O. The second kappa shape index (κ2) is 5.21. The Balaban J connectivity index is 2.34. The second-order valence-electron chi connectivity index (χ2n) is 3.44. The first-order chi connectivity index (χ1) is 8.36. The molecule has 17 heavy (non-hydrogen) atoms. The number of anilines is 1. The zero-order valence-corrected chi connectivity index (χ0v) is 9.54. The lowest BCUT2D eigenvalue weighted by Gasteiger charge is -2.15. The summed E-state index contributed by atoms with van der Waals surface area (Å²) in [6.45, 7) is 7.30. The number of para-hydroxylation sites is 2. The molecule has 84 valence electrons. The van der Waals surface area contributed by atoms with Crippen LogP contribution in [0.5, 0.6) is 5.75 Å². The van der Waals surface area contributed by atoms with Crippen molar-refractivity contribution in [1.29, 1.82) is 0 Å². The maximum Gasteiger partial charge on any atom is 0.470 e. The normalized spacial score (nSPS) is 14.1. The van der Waals surface area contributed by atoms with Gasteiger partial charge in [-0.1, -0.05) is 37.4 Å². The Morgan fingerprint density at radius 1 is 1.29 bits per heavy atom.